The van der Waals surface area contributed by atoms with Gasteiger partial charge >= 0.3 is 0 Å². The number of aromatic nitrogens is 3. The Balaban J connectivity index is 1.69. The van der Waals surface area contributed by atoms with E-state index in [1.807, 2.05) is 54.0 Å². The van der Waals surface area contributed by atoms with Crippen LogP contribution in [0.1, 0.15) is 38.7 Å². The minimum absolute atomic E-state index is 0.0487. The van der Waals surface area contributed by atoms with Gasteiger partial charge in [-0.25, -0.2) is 0 Å². The van der Waals surface area contributed by atoms with Crippen molar-refractivity contribution in [2.45, 2.75) is 44.8 Å². The maximum Gasteiger partial charge on any atom is 0.234 e. The standard InChI is InChI=1S/C23H28N4O2S/c1-5-16(3)19-9-7-8-10-20(19)24-21(28)15-30-23-26-25-22(27(23)6-2)17-11-13-18(29-4)14-12-17/h7-14,16H,5-6,15H2,1-4H3,(H,24,28)/t16-/m0/s1. The fourth-order valence-electron chi connectivity index (χ4n) is 3.21. The lowest BCUT2D eigenvalue weighted by atomic mass is 9.97. The molecule has 30 heavy (non-hydrogen) atoms. The number of amides is 1. The van der Waals surface area contributed by atoms with Crippen molar-refractivity contribution >= 4 is 23.4 Å². The van der Waals surface area contributed by atoms with Gasteiger partial charge in [-0.05, 0) is 55.2 Å². The number of carbonyl (C=O) groups is 1. The van der Waals surface area contributed by atoms with E-state index in [1.165, 1.54) is 11.8 Å². The van der Waals surface area contributed by atoms with Gasteiger partial charge in [-0.15, -0.1) is 10.2 Å². The first kappa shape index (κ1) is 21.9. The number of rotatable bonds is 9. The fraction of sp³-hybridized carbons (Fsp3) is 0.348. The lowest BCUT2D eigenvalue weighted by Crippen LogP contribution is -2.16. The van der Waals surface area contributed by atoms with Crippen molar-refractivity contribution in [1.29, 1.82) is 0 Å². The number of anilines is 1. The van der Waals surface area contributed by atoms with E-state index in [1.54, 1.807) is 7.11 Å². The van der Waals surface area contributed by atoms with Gasteiger partial charge in [-0.3, -0.25) is 4.79 Å². The van der Waals surface area contributed by atoms with Crippen LogP contribution in [-0.2, 0) is 11.3 Å². The molecule has 0 fully saturated rings. The molecule has 0 saturated carbocycles. The van der Waals surface area contributed by atoms with Crippen LogP contribution in [0.3, 0.4) is 0 Å². The van der Waals surface area contributed by atoms with Crippen LogP contribution in [0.15, 0.2) is 53.7 Å². The van der Waals surface area contributed by atoms with Crippen molar-refractivity contribution in [2.75, 3.05) is 18.2 Å². The summed E-state index contributed by atoms with van der Waals surface area (Å²) < 4.78 is 7.24. The Kier molecular flexibility index (Phi) is 7.52. The maximum absolute atomic E-state index is 12.6. The molecule has 1 atom stereocenters. The van der Waals surface area contributed by atoms with Gasteiger partial charge in [0.15, 0.2) is 11.0 Å². The molecule has 0 unspecified atom stereocenters. The Labute approximate surface area is 182 Å². The summed E-state index contributed by atoms with van der Waals surface area (Å²) in [4.78, 5) is 12.6. The van der Waals surface area contributed by atoms with Crippen LogP contribution in [0.2, 0.25) is 0 Å². The number of para-hydroxylation sites is 1. The number of carbonyl (C=O) groups excluding carboxylic acids is 1. The molecule has 0 saturated heterocycles. The fourth-order valence-corrected chi connectivity index (χ4v) is 4.01. The van der Waals surface area contributed by atoms with Gasteiger partial charge in [0.2, 0.25) is 5.91 Å². The Bertz CT molecular complexity index is 985. The molecule has 1 heterocycles. The molecule has 0 bridgehead atoms. The quantitative estimate of drug-likeness (QED) is 0.477. The molecule has 2 aromatic carbocycles. The molecule has 0 spiro atoms. The zero-order valence-corrected chi connectivity index (χ0v) is 18.7. The summed E-state index contributed by atoms with van der Waals surface area (Å²) in [7, 11) is 1.64. The minimum atomic E-state index is -0.0487. The monoisotopic (exact) mass is 424 g/mol. The van der Waals surface area contributed by atoms with E-state index in [2.05, 4.69) is 35.4 Å². The summed E-state index contributed by atoms with van der Waals surface area (Å²) in [6, 6.07) is 15.7. The van der Waals surface area contributed by atoms with E-state index in [9.17, 15) is 4.79 Å². The number of thioether (sulfide) groups is 1. The molecule has 3 rings (SSSR count). The van der Waals surface area contributed by atoms with E-state index in [0.29, 0.717) is 5.92 Å². The Morgan fingerprint density at radius 3 is 2.53 bits per heavy atom. The Hall–Kier alpha value is -2.80. The van der Waals surface area contributed by atoms with E-state index in [4.69, 9.17) is 4.74 Å². The molecule has 0 aliphatic carbocycles. The molecule has 158 valence electrons. The van der Waals surface area contributed by atoms with Gasteiger partial charge in [0.05, 0.1) is 12.9 Å². The largest absolute Gasteiger partial charge is 0.497 e. The van der Waals surface area contributed by atoms with Gasteiger partial charge in [-0.1, -0.05) is 43.8 Å². The summed E-state index contributed by atoms with van der Waals surface area (Å²) in [6.07, 6.45) is 1.02. The molecule has 0 radical (unpaired) electrons. The van der Waals surface area contributed by atoms with Gasteiger partial charge in [0, 0.05) is 17.8 Å². The summed E-state index contributed by atoms with van der Waals surface area (Å²) in [5.41, 5.74) is 3.01. The van der Waals surface area contributed by atoms with Crippen LogP contribution in [0, 0.1) is 0 Å². The maximum atomic E-state index is 12.6. The van der Waals surface area contributed by atoms with Gasteiger partial charge in [0.1, 0.15) is 5.75 Å². The Morgan fingerprint density at radius 1 is 1.13 bits per heavy atom. The molecule has 1 aromatic heterocycles. The van der Waals surface area contributed by atoms with Crippen molar-refractivity contribution in [2.24, 2.45) is 0 Å². The van der Waals surface area contributed by atoms with Crippen LogP contribution in [0.4, 0.5) is 5.69 Å². The lowest BCUT2D eigenvalue weighted by Gasteiger charge is -2.15. The van der Waals surface area contributed by atoms with Gasteiger partial charge < -0.3 is 14.6 Å². The average molecular weight is 425 g/mol. The smallest absolute Gasteiger partial charge is 0.234 e. The molecule has 7 heteroatoms. The number of methoxy groups -OCH3 is 1. The number of ether oxygens (including phenoxy) is 1. The number of benzene rings is 2. The minimum Gasteiger partial charge on any atom is -0.497 e. The van der Waals surface area contributed by atoms with E-state index >= 15 is 0 Å². The molecule has 1 N–H and O–H groups in total. The van der Waals surface area contributed by atoms with Crippen LogP contribution >= 0.6 is 11.8 Å². The van der Waals surface area contributed by atoms with Crippen molar-refractivity contribution in [3.63, 3.8) is 0 Å². The summed E-state index contributed by atoms with van der Waals surface area (Å²) in [6.45, 7) is 7.08. The molecular formula is C23H28N4O2S. The lowest BCUT2D eigenvalue weighted by molar-refractivity contribution is -0.113. The predicted molar refractivity (Wildman–Crippen MR) is 122 cm³/mol. The summed E-state index contributed by atoms with van der Waals surface area (Å²) in [5, 5.41) is 12.4. The second-order valence-electron chi connectivity index (χ2n) is 7.01. The molecule has 6 nitrogen and oxygen atoms in total. The van der Waals surface area contributed by atoms with Gasteiger partial charge in [0.25, 0.3) is 0 Å². The van der Waals surface area contributed by atoms with Crippen molar-refractivity contribution in [3.05, 3.63) is 54.1 Å². The molecule has 3 aromatic rings. The van der Waals surface area contributed by atoms with Gasteiger partial charge in [-0.2, -0.15) is 0 Å². The highest BCUT2D eigenvalue weighted by Crippen LogP contribution is 2.28. The number of hydrogen-bond donors (Lipinski definition) is 1. The first-order valence-electron chi connectivity index (χ1n) is 10.2. The third-order valence-electron chi connectivity index (χ3n) is 5.09. The number of hydrogen-bond acceptors (Lipinski definition) is 5. The number of nitrogens with one attached hydrogen (secondary N) is 1. The zero-order chi connectivity index (χ0) is 21.5. The molecule has 0 aliphatic rings. The van der Waals surface area contributed by atoms with E-state index in [-0.39, 0.29) is 11.7 Å². The highest BCUT2D eigenvalue weighted by Gasteiger charge is 2.16. The van der Waals surface area contributed by atoms with Crippen molar-refractivity contribution in [1.82, 2.24) is 14.8 Å². The SMILES string of the molecule is CC[C@H](C)c1ccccc1NC(=O)CSc1nnc(-c2ccc(OC)cc2)n1CC. The number of nitrogens with zero attached hydrogens (tertiary/aromatic N) is 3. The second-order valence-corrected chi connectivity index (χ2v) is 7.95. The van der Waals surface area contributed by atoms with Crippen molar-refractivity contribution in [3.8, 4) is 17.1 Å². The van der Waals surface area contributed by atoms with E-state index < -0.39 is 0 Å². The normalized spacial score (nSPS) is 11.9. The molecule has 0 aliphatic heterocycles. The molecule has 1 amide bonds. The summed E-state index contributed by atoms with van der Waals surface area (Å²) in [5.74, 6) is 2.20. The topological polar surface area (TPSA) is 69.0 Å². The third kappa shape index (κ3) is 5.02. The van der Waals surface area contributed by atoms with Crippen LogP contribution in [-0.4, -0.2) is 33.5 Å². The first-order valence-corrected chi connectivity index (χ1v) is 11.1. The predicted octanol–water partition coefficient (Wildman–Crippen LogP) is 5.22. The second kappa shape index (κ2) is 10.3. The molecular weight excluding hydrogens is 396 g/mol. The van der Waals surface area contributed by atoms with Crippen LogP contribution in [0.5, 0.6) is 5.75 Å². The van der Waals surface area contributed by atoms with Crippen molar-refractivity contribution < 1.29 is 9.53 Å². The Morgan fingerprint density at radius 2 is 1.87 bits per heavy atom. The zero-order valence-electron chi connectivity index (χ0n) is 17.9. The first-order chi connectivity index (χ1) is 14.6. The highest BCUT2D eigenvalue weighted by molar-refractivity contribution is 7.99. The van der Waals surface area contributed by atoms with Crippen LogP contribution < -0.4 is 10.1 Å². The third-order valence-corrected chi connectivity index (χ3v) is 6.06. The summed E-state index contributed by atoms with van der Waals surface area (Å²) >= 11 is 1.39. The highest BCUT2D eigenvalue weighted by atomic mass is 32.2. The average Bonchev–Trinajstić information content (AvgIpc) is 3.20. The van der Waals surface area contributed by atoms with Crippen LogP contribution in [0.25, 0.3) is 11.4 Å². The van der Waals surface area contributed by atoms with E-state index in [0.717, 1.165) is 46.5 Å².